The fourth-order valence-corrected chi connectivity index (χ4v) is 2.50. The number of carbonyl (C=O) groups excluding carboxylic acids is 2. The van der Waals surface area contributed by atoms with Crippen molar-refractivity contribution in [2.45, 2.75) is 59.5 Å². The molecule has 1 aliphatic rings. The van der Waals surface area contributed by atoms with Gasteiger partial charge in [-0.3, -0.25) is 14.5 Å². The highest BCUT2D eigenvalue weighted by atomic mass is 16.2. The average molecular weight is 297 g/mol. The van der Waals surface area contributed by atoms with Crippen LogP contribution in [0.25, 0.3) is 0 Å². The van der Waals surface area contributed by atoms with Crippen LogP contribution in [-0.4, -0.2) is 59.9 Å². The summed E-state index contributed by atoms with van der Waals surface area (Å²) in [5.41, 5.74) is 0. The normalized spacial score (nSPS) is 19.4. The summed E-state index contributed by atoms with van der Waals surface area (Å²) in [7, 11) is 0. The van der Waals surface area contributed by atoms with E-state index in [0.29, 0.717) is 12.3 Å². The maximum absolute atomic E-state index is 12.2. The average Bonchev–Trinajstić information content (AvgIpc) is 2.45. The van der Waals surface area contributed by atoms with Crippen molar-refractivity contribution in [3.8, 4) is 0 Å². The van der Waals surface area contributed by atoms with E-state index in [1.54, 1.807) is 0 Å². The molecule has 1 saturated heterocycles. The highest BCUT2D eigenvalue weighted by Crippen LogP contribution is 2.12. The molecule has 5 heteroatoms. The second kappa shape index (κ2) is 8.37. The highest BCUT2D eigenvalue weighted by molar-refractivity contribution is 5.81. The Morgan fingerprint density at radius 1 is 1.05 bits per heavy atom. The largest absolute Gasteiger partial charge is 0.353 e. The van der Waals surface area contributed by atoms with Crippen molar-refractivity contribution in [2.24, 2.45) is 5.92 Å². The van der Waals surface area contributed by atoms with Gasteiger partial charge in [0.25, 0.3) is 0 Å². The van der Waals surface area contributed by atoms with Crippen molar-refractivity contribution in [3.63, 3.8) is 0 Å². The minimum Gasteiger partial charge on any atom is -0.353 e. The third kappa shape index (κ3) is 5.65. The molecule has 1 rings (SSSR count). The Balaban J connectivity index is 2.41. The van der Waals surface area contributed by atoms with Crippen LogP contribution in [-0.2, 0) is 9.59 Å². The van der Waals surface area contributed by atoms with E-state index in [-0.39, 0.29) is 23.9 Å². The molecule has 0 aliphatic carbocycles. The van der Waals surface area contributed by atoms with E-state index in [4.69, 9.17) is 0 Å². The molecule has 2 amide bonds. The first-order valence-electron chi connectivity index (χ1n) is 8.17. The molecule has 1 N–H and O–H groups in total. The molecule has 0 radical (unpaired) electrons. The summed E-state index contributed by atoms with van der Waals surface area (Å²) in [4.78, 5) is 28.3. The number of amides is 2. The lowest BCUT2D eigenvalue weighted by molar-refractivity contribution is -0.135. The van der Waals surface area contributed by atoms with Crippen molar-refractivity contribution in [3.05, 3.63) is 0 Å². The minimum atomic E-state index is -0.126. The number of piperazine rings is 1. The van der Waals surface area contributed by atoms with Gasteiger partial charge in [-0.1, -0.05) is 20.3 Å². The first-order chi connectivity index (χ1) is 9.85. The van der Waals surface area contributed by atoms with E-state index in [9.17, 15) is 9.59 Å². The first kappa shape index (κ1) is 18.0. The smallest absolute Gasteiger partial charge is 0.237 e. The van der Waals surface area contributed by atoms with Crippen LogP contribution < -0.4 is 5.32 Å². The van der Waals surface area contributed by atoms with E-state index < -0.39 is 0 Å². The monoisotopic (exact) mass is 297 g/mol. The maximum Gasteiger partial charge on any atom is 0.237 e. The Kier molecular flexibility index (Phi) is 7.15. The molecule has 5 nitrogen and oxygen atoms in total. The second-order valence-corrected chi connectivity index (χ2v) is 6.47. The standard InChI is InChI=1S/C16H31N3O2/c1-6-13(4)11-15(20)19-9-7-18(8-10-19)14(5)16(21)17-12(2)3/h12-14H,6-11H2,1-5H3,(H,17,21). The lowest BCUT2D eigenvalue weighted by Crippen LogP contribution is -2.55. The molecular weight excluding hydrogens is 266 g/mol. The van der Waals surface area contributed by atoms with Gasteiger partial charge in [0.1, 0.15) is 0 Å². The number of rotatable bonds is 6. The third-order valence-corrected chi connectivity index (χ3v) is 4.25. The van der Waals surface area contributed by atoms with Crippen molar-refractivity contribution < 1.29 is 9.59 Å². The topological polar surface area (TPSA) is 52.7 Å². The molecule has 1 heterocycles. The molecule has 0 aromatic carbocycles. The minimum absolute atomic E-state index is 0.0735. The molecule has 0 bridgehead atoms. The van der Waals surface area contributed by atoms with Gasteiger partial charge >= 0.3 is 0 Å². The predicted octanol–water partition coefficient (Wildman–Crippen LogP) is 1.48. The van der Waals surface area contributed by atoms with Crippen LogP contribution in [0.2, 0.25) is 0 Å². The summed E-state index contributed by atoms with van der Waals surface area (Å²) in [5, 5.41) is 2.95. The summed E-state index contributed by atoms with van der Waals surface area (Å²) >= 11 is 0. The molecule has 0 saturated carbocycles. The quantitative estimate of drug-likeness (QED) is 0.808. The zero-order valence-electron chi connectivity index (χ0n) is 14.2. The Labute approximate surface area is 129 Å². The van der Waals surface area contributed by atoms with Gasteiger partial charge in [0.05, 0.1) is 6.04 Å². The summed E-state index contributed by atoms with van der Waals surface area (Å²) in [6, 6.07) is 0.0394. The van der Waals surface area contributed by atoms with Crippen molar-refractivity contribution in [1.29, 1.82) is 0 Å². The fraction of sp³-hybridized carbons (Fsp3) is 0.875. The Morgan fingerprint density at radius 3 is 2.10 bits per heavy atom. The molecular formula is C16H31N3O2. The molecule has 21 heavy (non-hydrogen) atoms. The van der Waals surface area contributed by atoms with Crippen molar-refractivity contribution in [1.82, 2.24) is 15.1 Å². The first-order valence-corrected chi connectivity index (χ1v) is 8.17. The molecule has 2 unspecified atom stereocenters. The van der Waals surface area contributed by atoms with Crippen LogP contribution in [0.4, 0.5) is 0 Å². The summed E-state index contributed by atoms with van der Waals surface area (Å²) in [6.07, 6.45) is 1.68. The van der Waals surface area contributed by atoms with Crippen molar-refractivity contribution in [2.75, 3.05) is 26.2 Å². The zero-order chi connectivity index (χ0) is 16.0. The number of hydrogen-bond donors (Lipinski definition) is 1. The van der Waals surface area contributed by atoms with Gasteiger partial charge in [-0.25, -0.2) is 0 Å². The second-order valence-electron chi connectivity index (χ2n) is 6.47. The molecule has 0 spiro atoms. The molecule has 122 valence electrons. The van der Waals surface area contributed by atoms with Crippen LogP contribution in [0, 0.1) is 5.92 Å². The van der Waals surface area contributed by atoms with Gasteiger partial charge in [0, 0.05) is 38.6 Å². The van der Waals surface area contributed by atoms with Gasteiger partial charge in [-0.15, -0.1) is 0 Å². The van der Waals surface area contributed by atoms with E-state index >= 15 is 0 Å². The lowest BCUT2D eigenvalue weighted by Gasteiger charge is -2.38. The fourth-order valence-electron chi connectivity index (χ4n) is 2.50. The van der Waals surface area contributed by atoms with Gasteiger partial charge < -0.3 is 10.2 Å². The van der Waals surface area contributed by atoms with Gasteiger partial charge in [0.15, 0.2) is 0 Å². The number of nitrogens with one attached hydrogen (secondary N) is 1. The van der Waals surface area contributed by atoms with E-state index in [1.165, 1.54) is 0 Å². The predicted molar refractivity (Wildman–Crippen MR) is 85.0 cm³/mol. The zero-order valence-corrected chi connectivity index (χ0v) is 14.2. The van der Waals surface area contributed by atoms with Crippen LogP contribution in [0.15, 0.2) is 0 Å². The summed E-state index contributed by atoms with van der Waals surface area (Å²) in [6.45, 7) is 13.1. The van der Waals surface area contributed by atoms with E-state index in [2.05, 4.69) is 24.1 Å². The molecule has 2 atom stereocenters. The van der Waals surface area contributed by atoms with Crippen molar-refractivity contribution >= 4 is 11.8 Å². The Bertz CT molecular complexity index is 349. The van der Waals surface area contributed by atoms with Gasteiger partial charge in [-0.2, -0.15) is 0 Å². The number of nitrogens with zero attached hydrogens (tertiary/aromatic N) is 2. The van der Waals surface area contributed by atoms with Crippen LogP contribution in [0.5, 0.6) is 0 Å². The van der Waals surface area contributed by atoms with Gasteiger partial charge in [-0.05, 0) is 26.7 Å². The van der Waals surface area contributed by atoms with Crippen LogP contribution in [0.3, 0.4) is 0 Å². The number of carbonyl (C=O) groups is 2. The summed E-state index contributed by atoms with van der Waals surface area (Å²) < 4.78 is 0. The molecule has 1 aliphatic heterocycles. The maximum atomic E-state index is 12.2. The molecule has 1 fully saturated rings. The molecule has 0 aromatic heterocycles. The van der Waals surface area contributed by atoms with Crippen LogP contribution >= 0.6 is 0 Å². The van der Waals surface area contributed by atoms with Gasteiger partial charge in [0.2, 0.25) is 11.8 Å². The summed E-state index contributed by atoms with van der Waals surface area (Å²) in [5.74, 6) is 0.777. The molecule has 0 aromatic rings. The van der Waals surface area contributed by atoms with E-state index in [0.717, 1.165) is 32.6 Å². The lowest BCUT2D eigenvalue weighted by atomic mass is 10.0. The van der Waals surface area contributed by atoms with E-state index in [1.807, 2.05) is 25.7 Å². The Hall–Kier alpha value is -1.10. The third-order valence-electron chi connectivity index (χ3n) is 4.25. The number of hydrogen-bond acceptors (Lipinski definition) is 3. The Morgan fingerprint density at radius 2 is 1.62 bits per heavy atom. The SMILES string of the molecule is CCC(C)CC(=O)N1CCN(C(C)C(=O)NC(C)C)CC1. The highest BCUT2D eigenvalue weighted by Gasteiger charge is 2.27. The van der Waals surface area contributed by atoms with Crippen LogP contribution in [0.1, 0.15) is 47.5 Å².